The highest BCUT2D eigenvalue weighted by atomic mass is 16.5. The number of hydrogen-bond acceptors (Lipinski definition) is 3. The Balaban J connectivity index is 2.55. The van der Waals surface area contributed by atoms with Crippen molar-refractivity contribution >= 4 is 0 Å². The summed E-state index contributed by atoms with van der Waals surface area (Å²) in [5, 5.41) is 11.4. The summed E-state index contributed by atoms with van der Waals surface area (Å²) >= 11 is 0. The lowest BCUT2D eigenvalue weighted by Crippen LogP contribution is -2.19. The van der Waals surface area contributed by atoms with Crippen molar-refractivity contribution in [3.8, 4) is 0 Å². The first-order chi connectivity index (χ1) is 4.33. The van der Waals surface area contributed by atoms with Crippen LogP contribution < -0.4 is 5.73 Å². The molecule has 50 valence electrons. The second-order valence-electron chi connectivity index (χ2n) is 1.95. The predicted molar refractivity (Wildman–Crippen MR) is 36.4 cm³/mol. The van der Waals surface area contributed by atoms with Crippen molar-refractivity contribution in [2.75, 3.05) is 13.1 Å². The van der Waals surface area contributed by atoms with Gasteiger partial charge in [-0.05, 0) is 17.8 Å². The van der Waals surface area contributed by atoms with Crippen LogP contribution in [-0.4, -0.2) is 18.2 Å². The average Bonchev–Trinajstić information content (AvgIpc) is 1.88. The van der Waals surface area contributed by atoms with E-state index in [1.54, 1.807) is 6.08 Å². The van der Waals surface area contributed by atoms with Gasteiger partial charge in [-0.15, -0.1) is 0 Å². The Bertz CT molecular complexity index is 151. The van der Waals surface area contributed by atoms with Crippen molar-refractivity contribution in [2.45, 2.75) is 0 Å². The molecule has 0 unspecified atom stereocenters. The molecule has 0 amide bonds. The second-order valence-corrected chi connectivity index (χ2v) is 1.95. The van der Waals surface area contributed by atoms with E-state index in [0.29, 0.717) is 13.1 Å². The van der Waals surface area contributed by atoms with E-state index in [9.17, 15) is 5.21 Å². The molecule has 1 rings (SSSR count). The molecule has 0 bridgehead atoms. The molecule has 0 fully saturated rings. The topological polar surface area (TPSA) is 52.3 Å². The lowest BCUT2D eigenvalue weighted by molar-refractivity contribution is 0.543. The fourth-order valence-corrected chi connectivity index (χ4v) is 0.713. The molecule has 0 aromatic heterocycles. The van der Waals surface area contributed by atoms with Gasteiger partial charge in [0.05, 0.1) is 0 Å². The zero-order valence-corrected chi connectivity index (χ0v) is 5.08. The van der Waals surface area contributed by atoms with Crippen LogP contribution in [0.15, 0.2) is 23.9 Å². The number of nitrogens with zero attached hydrogens (tertiary/aromatic N) is 1. The van der Waals surface area contributed by atoms with Crippen LogP contribution in [0, 0.1) is 5.21 Å². The maximum absolute atomic E-state index is 10.6. The fourth-order valence-electron chi connectivity index (χ4n) is 0.713. The highest BCUT2D eigenvalue weighted by molar-refractivity contribution is 5.19. The summed E-state index contributed by atoms with van der Waals surface area (Å²) in [5.74, 6) is 0. The molecular formula is C6H9N2O-. The fraction of sp³-hybridized carbons (Fsp3) is 0.333. The molecule has 9 heavy (non-hydrogen) atoms. The summed E-state index contributed by atoms with van der Waals surface area (Å²) in [6.45, 7) is 0.899. The lowest BCUT2D eigenvalue weighted by Gasteiger charge is -2.29. The minimum Gasteiger partial charge on any atom is -0.758 e. The zero-order chi connectivity index (χ0) is 6.69. The van der Waals surface area contributed by atoms with Gasteiger partial charge < -0.3 is 16.0 Å². The van der Waals surface area contributed by atoms with Gasteiger partial charge in [-0.2, -0.15) is 0 Å². The van der Waals surface area contributed by atoms with E-state index in [2.05, 4.69) is 0 Å². The van der Waals surface area contributed by atoms with Crippen molar-refractivity contribution in [1.82, 2.24) is 5.06 Å². The van der Waals surface area contributed by atoms with E-state index in [0.717, 1.165) is 10.6 Å². The van der Waals surface area contributed by atoms with Gasteiger partial charge in [0.2, 0.25) is 0 Å². The van der Waals surface area contributed by atoms with Gasteiger partial charge in [-0.3, -0.25) is 0 Å². The van der Waals surface area contributed by atoms with Gasteiger partial charge >= 0.3 is 0 Å². The molecule has 0 aromatic rings. The van der Waals surface area contributed by atoms with E-state index < -0.39 is 0 Å². The second kappa shape index (κ2) is 2.66. The SMILES string of the molecule is NCC1=CC=CN([O-])C1. The number of allylic oxidation sites excluding steroid dienone is 2. The van der Waals surface area contributed by atoms with Gasteiger partial charge in [0.15, 0.2) is 0 Å². The first-order valence-electron chi connectivity index (χ1n) is 2.83. The molecule has 0 radical (unpaired) electrons. The maximum atomic E-state index is 10.6. The molecule has 0 spiro atoms. The summed E-state index contributed by atoms with van der Waals surface area (Å²) in [5.41, 5.74) is 6.28. The molecule has 0 aliphatic carbocycles. The number of nitrogens with two attached hydrogens (primary N) is 1. The third-order valence-corrected chi connectivity index (χ3v) is 1.21. The van der Waals surface area contributed by atoms with E-state index in [1.165, 1.54) is 6.20 Å². The highest BCUT2D eigenvalue weighted by Gasteiger charge is 1.95. The van der Waals surface area contributed by atoms with Crippen LogP contribution in [0.25, 0.3) is 0 Å². The Morgan fingerprint density at radius 2 is 2.56 bits per heavy atom. The molecule has 0 saturated carbocycles. The van der Waals surface area contributed by atoms with Crippen molar-refractivity contribution in [3.05, 3.63) is 29.1 Å². The Labute approximate surface area is 54.0 Å². The number of hydroxylamine groups is 2. The van der Waals surface area contributed by atoms with Crippen LogP contribution in [0.2, 0.25) is 0 Å². The van der Waals surface area contributed by atoms with Crippen molar-refractivity contribution < 1.29 is 0 Å². The molecule has 0 saturated heterocycles. The predicted octanol–water partition coefficient (Wildman–Crippen LogP) is 0.199. The van der Waals surface area contributed by atoms with E-state index in [-0.39, 0.29) is 0 Å². The first-order valence-corrected chi connectivity index (χ1v) is 2.83. The molecule has 3 nitrogen and oxygen atoms in total. The van der Waals surface area contributed by atoms with Gasteiger partial charge in [-0.25, -0.2) is 0 Å². The number of hydrogen-bond donors (Lipinski definition) is 1. The van der Waals surface area contributed by atoms with Crippen molar-refractivity contribution in [1.29, 1.82) is 0 Å². The lowest BCUT2D eigenvalue weighted by atomic mass is 10.2. The first kappa shape index (κ1) is 6.32. The van der Waals surface area contributed by atoms with Crippen LogP contribution in [0.1, 0.15) is 0 Å². The van der Waals surface area contributed by atoms with Gasteiger partial charge in [0.25, 0.3) is 0 Å². The molecule has 1 heterocycles. The standard InChI is InChI=1S/C6H9N2O/c7-4-6-2-1-3-8(9)5-6/h1-3H,4-5,7H2/q-1. The molecule has 2 N–H and O–H groups in total. The highest BCUT2D eigenvalue weighted by Crippen LogP contribution is 2.02. The van der Waals surface area contributed by atoms with Crippen LogP contribution in [-0.2, 0) is 0 Å². The van der Waals surface area contributed by atoms with Crippen molar-refractivity contribution in [2.24, 2.45) is 5.73 Å². The zero-order valence-electron chi connectivity index (χ0n) is 5.08. The van der Waals surface area contributed by atoms with Gasteiger partial charge in [0, 0.05) is 13.1 Å². The normalized spacial score (nSPS) is 18.0. The molecule has 0 aromatic carbocycles. The van der Waals surface area contributed by atoms with E-state index >= 15 is 0 Å². The van der Waals surface area contributed by atoms with Gasteiger partial charge in [-0.1, -0.05) is 6.08 Å². The third kappa shape index (κ3) is 1.55. The van der Waals surface area contributed by atoms with Gasteiger partial charge in [0.1, 0.15) is 0 Å². The summed E-state index contributed by atoms with van der Waals surface area (Å²) in [7, 11) is 0. The summed E-state index contributed by atoms with van der Waals surface area (Å²) < 4.78 is 0. The van der Waals surface area contributed by atoms with Crippen LogP contribution in [0.4, 0.5) is 0 Å². The minimum absolute atomic E-state index is 0.424. The number of rotatable bonds is 1. The quantitative estimate of drug-likeness (QED) is 0.544. The summed E-state index contributed by atoms with van der Waals surface area (Å²) in [6, 6.07) is 0. The van der Waals surface area contributed by atoms with Crippen LogP contribution in [0.5, 0.6) is 0 Å². The molecule has 0 atom stereocenters. The Hall–Kier alpha value is -0.800. The molecule has 1 aliphatic heterocycles. The Kier molecular flexibility index (Phi) is 1.87. The summed E-state index contributed by atoms with van der Waals surface area (Å²) in [6.07, 6.45) is 5.06. The molecular weight excluding hydrogens is 116 g/mol. The van der Waals surface area contributed by atoms with Crippen LogP contribution >= 0.6 is 0 Å². The minimum atomic E-state index is 0.424. The van der Waals surface area contributed by atoms with E-state index in [4.69, 9.17) is 5.73 Å². The smallest absolute Gasteiger partial charge is 0.0285 e. The maximum Gasteiger partial charge on any atom is 0.0285 e. The van der Waals surface area contributed by atoms with Crippen molar-refractivity contribution in [3.63, 3.8) is 0 Å². The molecule has 3 heteroatoms. The summed E-state index contributed by atoms with van der Waals surface area (Å²) in [4.78, 5) is 0. The molecule has 1 aliphatic rings. The Morgan fingerprint density at radius 3 is 3.00 bits per heavy atom. The average molecular weight is 125 g/mol. The third-order valence-electron chi connectivity index (χ3n) is 1.21. The monoisotopic (exact) mass is 125 g/mol. The van der Waals surface area contributed by atoms with E-state index in [1.807, 2.05) is 6.08 Å². The van der Waals surface area contributed by atoms with Crippen LogP contribution in [0.3, 0.4) is 0 Å². The Morgan fingerprint density at radius 1 is 1.78 bits per heavy atom. The largest absolute Gasteiger partial charge is 0.758 e.